The molecule has 1 aromatic carbocycles. The second-order valence-electron chi connectivity index (χ2n) is 4.34. The highest BCUT2D eigenvalue weighted by Crippen LogP contribution is 2.22. The molecule has 0 saturated carbocycles. The number of amides is 1. The summed E-state index contributed by atoms with van der Waals surface area (Å²) in [5.74, 6) is 0.922. The first kappa shape index (κ1) is 15.9. The number of ether oxygens (including phenoxy) is 1. The SMILES string of the molecule is COc1ccc(N(Cc2ccco2)C(=O)/C=C/C(=O)Cl)cc1. The molecular formula is C16H14ClNO4. The number of hydrogen-bond acceptors (Lipinski definition) is 4. The van der Waals surface area contributed by atoms with Crippen LogP contribution >= 0.6 is 11.6 Å². The lowest BCUT2D eigenvalue weighted by Gasteiger charge is -2.20. The van der Waals surface area contributed by atoms with Crippen molar-refractivity contribution in [3.8, 4) is 5.75 Å². The van der Waals surface area contributed by atoms with Crippen LogP contribution < -0.4 is 9.64 Å². The van der Waals surface area contributed by atoms with Gasteiger partial charge in [-0.2, -0.15) is 0 Å². The molecule has 1 aromatic heterocycles. The van der Waals surface area contributed by atoms with Crippen molar-refractivity contribution in [3.05, 3.63) is 60.6 Å². The second kappa shape index (κ2) is 7.47. The standard InChI is InChI=1S/C16H14ClNO4/c1-21-13-6-4-12(5-7-13)18(11-14-3-2-10-22-14)16(20)9-8-15(17)19/h2-10H,11H2,1H3/b9-8+. The minimum atomic E-state index is -0.707. The highest BCUT2D eigenvalue weighted by atomic mass is 35.5. The number of halogens is 1. The minimum Gasteiger partial charge on any atom is -0.497 e. The van der Waals surface area contributed by atoms with E-state index in [0.717, 1.165) is 12.2 Å². The van der Waals surface area contributed by atoms with Crippen molar-refractivity contribution in [2.45, 2.75) is 6.54 Å². The number of benzene rings is 1. The molecule has 2 rings (SSSR count). The molecule has 0 atom stereocenters. The minimum absolute atomic E-state index is 0.235. The summed E-state index contributed by atoms with van der Waals surface area (Å²) in [4.78, 5) is 24.5. The number of anilines is 1. The van der Waals surface area contributed by atoms with Gasteiger partial charge in [0.1, 0.15) is 11.5 Å². The highest BCUT2D eigenvalue weighted by Gasteiger charge is 2.15. The van der Waals surface area contributed by atoms with E-state index >= 15 is 0 Å². The number of carbonyl (C=O) groups excluding carboxylic acids is 2. The van der Waals surface area contributed by atoms with Crippen LogP contribution in [0, 0.1) is 0 Å². The first-order valence-corrected chi connectivity index (χ1v) is 6.83. The fourth-order valence-electron chi connectivity index (χ4n) is 1.84. The van der Waals surface area contributed by atoms with Crippen LogP contribution in [0.4, 0.5) is 5.69 Å². The summed E-state index contributed by atoms with van der Waals surface area (Å²) in [6.07, 6.45) is 3.68. The third-order valence-electron chi connectivity index (χ3n) is 2.90. The van der Waals surface area contributed by atoms with E-state index in [1.165, 1.54) is 11.2 Å². The molecule has 5 nitrogen and oxygen atoms in total. The maximum atomic E-state index is 12.3. The highest BCUT2D eigenvalue weighted by molar-refractivity contribution is 6.66. The number of methoxy groups -OCH3 is 1. The van der Waals surface area contributed by atoms with Gasteiger partial charge in [0, 0.05) is 17.8 Å². The van der Waals surface area contributed by atoms with Gasteiger partial charge in [-0.3, -0.25) is 9.59 Å². The van der Waals surface area contributed by atoms with E-state index in [2.05, 4.69) is 0 Å². The van der Waals surface area contributed by atoms with Crippen molar-refractivity contribution in [3.63, 3.8) is 0 Å². The predicted octanol–water partition coefficient (Wildman–Crippen LogP) is 3.14. The van der Waals surface area contributed by atoms with Gasteiger partial charge in [0.05, 0.1) is 19.9 Å². The lowest BCUT2D eigenvalue weighted by molar-refractivity contribution is -0.115. The Bertz CT molecular complexity index is 662. The van der Waals surface area contributed by atoms with Gasteiger partial charge in [0.15, 0.2) is 0 Å². The van der Waals surface area contributed by atoms with Crippen molar-refractivity contribution >= 4 is 28.4 Å². The predicted molar refractivity (Wildman–Crippen MR) is 82.9 cm³/mol. The van der Waals surface area contributed by atoms with E-state index in [9.17, 15) is 9.59 Å². The molecule has 0 bridgehead atoms. The molecule has 0 saturated heterocycles. The van der Waals surface area contributed by atoms with Gasteiger partial charge in [-0.05, 0) is 48.0 Å². The van der Waals surface area contributed by atoms with Crippen LogP contribution in [0.5, 0.6) is 5.75 Å². The Labute approximate surface area is 132 Å². The van der Waals surface area contributed by atoms with Crippen LogP contribution in [-0.4, -0.2) is 18.3 Å². The van der Waals surface area contributed by atoms with E-state index < -0.39 is 5.24 Å². The molecule has 0 aliphatic heterocycles. The Morgan fingerprint density at radius 3 is 2.50 bits per heavy atom. The van der Waals surface area contributed by atoms with Crippen LogP contribution in [-0.2, 0) is 16.1 Å². The third kappa shape index (κ3) is 4.23. The zero-order chi connectivity index (χ0) is 15.9. The van der Waals surface area contributed by atoms with E-state index in [1.807, 2.05) is 0 Å². The molecule has 22 heavy (non-hydrogen) atoms. The first-order chi connectivity index (χ1) is 10.6. The maximum absolute atomic E-state index is 12.3. The summed E-state index contributed by atoms with van der Waals surface area (Å²) in [5.41, 5.74) is 0.647. The lowest BCUT2D eigenvalue weighted by atomic mass is 10.2. The number of furan rings is 1. The summed E-state index contributed by atoms with van der Waals surface area (Å²) in [6.45, 7) is 0.235. The van der Waals surface area contributed by atoms with Crippen LogP contribution in [0.1, 0.15) is 5.76 Å². The summed E-state index contributed by atoms with van der Waals surface area (Å²) in [5, 5.41) is -0.707. The summed E-state index contributed by atoms with van der Waals surface area (Å²) in [7, 11) is 1.57. The largest absolute Gasteiger partial charge is 0.497 e. The van der Waals surface area contributed by atoms with Crippen molar-refractivity contribution in [1.82, 2.24) is 0 Å². The molecule has 0 fully saturated rings. The summed E-state index contributed by atoms with van der Waals surface area (Å²) >= 11 is 5.22. The Kier molecular flexibility index (Phi) is 5.38. The molecule has 1 heterocycles. The Morgan fingerprint density at radius 1 is 1.23 bits per heavy atom. The molecule has 0 aliphatic rings. The number of nitrogens with zero attached hydrogens (tertiary/aromatic N) is 1. The van der Waals surface area contributed by atoms with Gasteiger partial charge in [0.25, 0.3) is 5.91 Å². The molecular weight excluding hydrogens is 306 g/mol. The fourth-order valence-corrected chi connectivity index (χ4v) is 1.91. The van der Waals surface area contributed by atoms with E-state index in [-0.39, 0.29) is 12.5 Å². The van der Waals surface area contributed by atoms with Gasteiger partial charge in [-0.15, -0.1) is 0 Å². The second-order valence-corrected chi connectivity index (χ2v) is 4.71. The van der Waals surface area contributed by atoms with Crippen LogP contribution in [0.15, 0.2) is 59.2 Å². The molecule has 2 aromatic rings. The maximum Gasteiger partial charge on any atom is 0.251 e. The summed E-state index contributed by atoms with van der Waals surface area (Å²) in [6, 6.07) is 10.5. The average Bonchev–Trinajstić information content (AvgIpc) is 3.03. The number of rotatable bonds is 6. The molecule has 0 spiro atoms. The monoisotopic (exact) mass is 319 g/mol. The van der Waals surface area contributed by atoms with Gasteiger partial charge in [-0.1, -0.05) is 0 Å². The van der Waals surface area contributed by atoms with Crippen LogP contribution in [0.25, 0.3) is 0 Å². The number of allylic oxidation sites excluding steroid dienone is 1. The Balaban J connectivity index is 2.27. The van der Waals surface area contributed by atoms with Crippen molar-refractivity contribution in [1.29, 1.82) is 0 Å². The molecule has 0 aliphatic carbocycles. The lowest BCUT2D eigenvalue weighted by Crippen LogP contribution is -2.28. The molecule has 0 N–H and O–H groups in total. The van der Waals surface area contributed by atoms with E-state index in [0.29, 0.717) is 17.2 Å². The number of hydrogen-bond donors (Lipinski definition) is 0. The molecule has 114 valence electrons. The Morgan fingerprint density at radius 2 is 1.95 bits per heavy atom. The smallest absolute Gasteiger partial charge is 0.251 e. The van der Waals surface area contributed by atoms with Gasteiger partial charge in [0.2, 0.25) is 5.24 Å². The molecule has 0 unspecified atom stereocenters. The zero-order valence-corrected chi connectivity index (χ0v) is 12.6. The topological polar surface area (TPSA) is 59.8 Å². The zero-order valence-electron chi connectivity index (χ0n) is 11.9. The van der Waals surface area contributed by atoms with Crippen molar-refractivity contribution in [2.24, 2.45) is 0 Å². The van der Waals surface area contributed by atoms with Crippen LogP contribution in [0.3, 0.4) is 0 Å². The van der Waals surface area contributed by atoms with Crippen molar-refractivity contribution in [2.75, 3.05) is 12.0 Å². The quantitative estimate of drug-likeness (QED) is 0.606. The first-order valence-electron chi connectivity index (χ1n) is 6.45. The normalized spacial score (nSPS) is 10.6. The van der Waals surface area contributed by atoms with E-state index in [1.54, 1.807) is 43.5 Å². The average molecular weight is 320 g/mol. The third-order valence-corrected chi connectivity index (χ3v) is 3.03. The van der Waals surface area contributed by atoms with E-state index in [4.69, 9.17) is 20.8 Å². The van der Waals surface area contributed by atoms with Gasteiger partial charge < -0.3 is 14.1 Å². The number of carbonyl (C=O) groups is 2. The van der Waals surface area contributed by atoms with Crippen LogP contribution in [0.2, 0.25) is 0 Å². The van der Waals surface area contributed by atoms with Gasteiger partial charge >= 0.3 is 0 Å². The molecule has 0 radical (unpaired) electrons. The molecule has 1 amide bonds. The van der Waals surface area contributed by atoms with Gasteiger partial charge in [-0.25, -0.2) is 0 Å². The Hall–Kier alpha value is -2.53. The van der Waals surface area contributed by atoms with Crippen molar-refractivity contribution < 1.29 is 18.7 Å². The summed E-state index contributed by atoms with van der Waals surface area (Å²) < 4.78 is 10.4. The fraction of sp³-hybridized carbons (Fsp3) is 0.125. The molecule has 6 heteroatoms.